The summed E-state index contributed by atoms with van der Waals surface area (Å²) in [7, 11) is -3.84. The zero-order chi connectivity index (χ0) is 25.9. The molecule has 1 saturated heterocycles. The Morgan fingerprint density at radius 1 is 1.14 bits per heavy atom. The molecule has 2 aromatic rings. The summed E-state index contributed by atoms with van der Waals surface area (Å²) in [5, 5.41) is 7.44. The van der Waals surface area contributed by atoms with Crippen molar-refractivity contribution in [1.29, 1.82) is 5.41 Å². The van der Waals surface area contributed by atoms with Crippen molar-refractivity contribution in [2.24, 2.45) is 4.99 Å². The number of fused-ring (bicyclic) bond motifs is 1. The van der Waals surface area contributed by atoms with Crippen LogP contribution in [0.25, 0.3) is 0 Å². The number of aliphatic imine (C=N–C) groups is 1. The first-order chi connectivity index (χ1) is 17.2. The van der Waals surface area contributed by atoms with Gasteiger partial charge in [0.1, 0.15) is 12.4 Å². The Morgan fingerprint density at radius 2 is 1.83 bits per heavy atom. The number of halogens is 1. The first kappa shape index (κ1) is 26.3. The van der Waals surface area contributed by atoms with E-state index in [2.05, 4.69) is 32.1 Å². The van der Waals surface area contributed by atoms with E-state index >= 15 is 0 Å². The van der Waals surface area contributed by atoms with E-state index in [4.69, 9.17) is 17.0 Å². The van der Waals surface area contributed by atoms with Crippen molar-refractivity contribution in [3.8, 4) is 0 Å². The molecule has 1 amide bonds. The van der Waals surface area contributed by atoms with E-state index in [0.717, 1.165) is 35.8 Å². The van der Waals surface area contributed by atoms with Gasteiger partial charge in [-0.1, -0.05) is 11.6 Å². The van der Waals surface area contributed by atoms with E-state index in [1.165, 1.54) is 17.7 Å². The number of nitrogens with zero attached hydrogens (tertiary/aromatic N) is 4. The number of rotatable bonds is 6. The van der Waals surface area contributed by atoms with Gasteiger partial charge in [0.05, 0.1) is 4.90 Å². The summed E-state index contributed by atoms with van der Waals surface area (Å²) in [6.07, 6.45) is 2.67. The quantitative estimate of drug-likeness (QED) is 0.292. The minimum Gasteiger partial charge on any atom is -0.368 e. The molecule has 2 aliphatic heterocycles. The molecular formula is C24H29ClN6O3S2. The zero-order valence-electron chi connectivity index (χ0n) is 19.9. The number of nitrogens with one attached hydrogen (secondary N) is 2. The summed E-state index contributed by atoms with van der Waals surface area (Å²) >= 11 is 10.1. The van der Waals surface area contributed by atoms with Gasteiger partial charge in [0.25, 0.3) is 10.0 Å². The van der Waals surface area contributed by atoms with Gasteiger partial charge in [-0.3, -0.25) is 14.9 Å². The number of amidine groups is 1. The lowest BCUT2D eigenvalue weighted by Gasteiger charge is -2.41. The summed E-state index contributed by atoms with van der Waals surface area (Å²) in [6.45, 7) is 5.30. The summed E-state index contributed by atoms with van der Waals surface area (Å²) < 4.78 is 27.1. The lowest BCUT2D eigenvalue weighted by atomic mass is 10.00. The number of carbonyl (C=O) groups is 1. The maximum absolute atomic E-state index is 13.3. The third-order valence-corrected chi connectivity index (χ3v) is 8.51. The van der Waals surface area contributed by atoms with Crippen LogP contribution < -0.4 is 14.5 Å². The van der Waals surface area contributed by atoms with Crippen molar-refractivity contribution in [3.05, 3.63) is 53.1 Å². The molecule has 2 aliphatic rings. The SMILES string of the molecule is CC(C(=O)N1CCN(c2ccc(S(=O)(=O)N/C(S)=N/C=N)cc2)CC1)N1CCCc2cc(Cl)ccc21. The van der Waals surface area contributed by atoms with E-state index < -0.39 is 10.0 Å². The normalized spacial score (nSPS) is 17.4. The van der Waals surface area contributed by atoms with Crippen LogP contribution in [0.4, 0.5) is 11.4 Å². The lowest BCUT2D eigenvalue weighted by molar-refractivity contribution is -0.132. The fourth-order valence-corrected chi connectivity index (χ4v) is 6.20. The van der Waals surface area contributed by atoms with Gasteiger partial charge in [-0.15, -0.1) is 12.6 Å². The fraction of sp³-hybridized carbons (Fsp3) is 0.375. The highest BCUT2D eigenvalue weighted by molar-refractivity contribution is 8.00. The van der Waals surface area contributed by atoms with Crippen molar-refractivity contribution >= 4 is 63.0 Å². The average Bonchev–Trinajstić information content (AvgIpc) is 2.87. The summed E-state index contributed by atoms with van der Waals surface area (Å²) in [5.41, 5.74) is 3.16. The zero-order valence-corrected chi connectivity index (χ0v) is 22.4. The van der Waals surface area contributed by atoms with Crippen molar-refractivity contribution in [3.63, 3.8) is 0 Å². The number of sulfonamides is 1. The van der Waals surface area contributed by atoms with Crippen molar-refractivity contribution < 1.29 is 13.2 Å². The first-order valence-electron chi connectivity index (χ1n) is 11.7. The van der Waals surface area contributed by atoms with E-state index in [-0.39, 0.29) is 22.0 Å². The third-order valence-electron chi connectivity index (χ3n) is 6.54. The van der Waals surface area contributed by atoms with Gasteiger partial charge in [-0.25, -0.2) is 13.4 Å². The Balaban J connectivity index is 1.37. The monoisotopic (exact) mass is 548 g/mol. The van der Waals surface area contributed by atoms with Crippen LogP contribution >= 0.6 is 24.2 Å². The van der Waals surface area contributed by atoms with Gasteiger partial charge in [0.2, 0.25) is 5.91 Å². The van der Waals surface area contributed by atoms with E-state index in [1.807, 2.05) is 30.0 Å². The Labute approximate surface area is 222 Å². The van der Waals surface area contributed by atoms with Gasteiger partial charge in [0.15, 0.2) is 5.17 Å². The molecule has 12 heteroatoms. The topological polar surface area (TPSA) is 109 Å². The maximum Gasteiger partial charge on any atom is 0.263 e. The molecule has 36 heavy (non-hydrogen) atoms. The average molecular weight is 549 g/mol. The van der Waals surface area contributed by atoms with E-state index in [0.29, 0.717) is 32.5 Å². The van der Waals surface area contributed by atoms with Crippen LogP contribution in [0.5, 0.6) is 0 Å². The highest BCUT2D eigenvalue weighted by Crippen LogP contribution is 2.31. The van der Waals surface area contributed by atoms with Crippen LogP contribution in [0, 0.1) is 5.41 Å². The second-order valence-electron chi connectivity index (χ2n) is 8.74. The number of amides is 1. The molecule has 0 aliphatic carbocycles. The molecule has 0 radical (unpaired) electrons. The number of benzene rings is 2. The number of thiol groups is 1. The number of aryl methyl sites for hydroxylation is 1. The predicted octanol–water partition coefficient (Wildman–Crippen LogP) is 3.00. The van der Waals surface area contributed by atoms with Crippen LogP contribution in [0.2, 0.25) is 5.02 Å². The maximum atomic E-state index is 13.3. The number of hydrogen-bond acceptors (Lipinski definition) is 6. The van der Waals surface area contributed by atoms with Crippen molar-refractivity contribution in [1.82, 2.24) is 9.62 Å². The predicted molar refractivity (Wildman–Crippen MR) is 147 cm³/mol. The smallest absolute Gasteiger partial charge is 0.263 e. The number of piperazine rings is 1. The van der Waals surface area contributed by atoms with E-state index in [9.17, 15) is 13.2 Å². The molecule has 0 aromatic heterocycles. The van der Waals surface area contributed by atoms with Crippen LogP contribution in [-0.2, 0) is 21.2 Å². The third kappa shape index (κ3) is 5.79. The van der Waals surface area contributed by atoms with E-state index in [1.54, 1.807) is 12.1 Å². The molecule has 1 atom stereocenters. The highest BCUT2D eigenvalue weighted by atomic mass is 35.5. The van der Waals surface area contributed by atoms with Crippen LogP contribution in [-0.4, -0.2) is 69.5 Å². The molecule has 9 nitrogen and oxygen atoms in total. The second kappa shape index (κ2) is 11.1. The standard InChI is InChI=1S/C24H29ClN6O3S2/c1-17(31-10-2-3-18-15-19(25)4-9-22(18)31)23(32)30-13-11-29(12-14-30)20-5-7-21(8-6-20)36(33,34)28-24(35)27-16-26/h4-9,15-17H,2-3,10-14H2,1H3,(H3,26,27,28,35). The first-order valence-corrected chi connectivity index (χ1v) is 14.0. The number of hydrogen-bond donors (Lipinski definition) is 3. The largest absolute Gasteiger partial charge is 0.368 e. The molecular weight excluding hydrogens is 520 g/mol. The van der Waals surface area contributed by atoms with Gasteiger partial charge >= 0.3 is 0 Å². The molecule has 0 bridgehead atoms. The molecule has 0 spiro atoms. The highest BCUT2D eigenvalue weighted by Gasteiger charge is 2.31. The van der Waals surface area contributed by atoms with Crippen molar-refractivity contribution in [2.45, 2.75) is 30.7 Å². The summed E-state index contributed by atoms with van der Waals surface area (Å²) in [4.78, 5) is 23.1. The van der Waals surface area contributed by atoms with Crippen LogP contribution in [0.3, 0.4) is 0 Å². The molecule has 4 rings (SSSR count). The van der Waals surface area contributed by atoms with Gasteiger partial charge in [-0.2, -0.15) is 0 Å². The Hall–Kier alpha value is -2.76. The van der Waals surface area contributed by atoms with Gasteiger partial charge < -0.3 is 14.7 Å². The van der Waals surface area contributed by atoms with Gasteiger partial charge in [-0.05, 0) is 67.8 Å². The molecule has 1 fully saturated rings. The summed E-state index contributed by atoms with van der Waals surface area (Å²) in [5.74, 6) is 0.110. The summed E-state index contributed by atoms with van der Waals surface area (Å²) in [6, 6.07) is 12.1. The Bertz CT molecular complexity index is 1260. The molecule has 0 saturated carbocycles. The fourth-order valence-electron chi connectivity index (χ4n) is 4.68. The van der Waals surface area contributed by atoms with Gasteiger partial charge in [0, 0.05) is 49.1 Å². The Kier molecular flexibility index (Phi) is 8.11. The lowest BCUT2D eigenvalue weighted by Crippen LogP contribution is -2.55. The Morgan fingerprint density at radius 3 is 2.50 bits per heavy atom. The minimum atomic E-state index is -3.84. The molecule has 2 aromatic carbocycles. The van der Waals surface area contributed by atoms with Crippen molar-refractivity contribution in [2.75, 3.05) is 42.5 Å². The number of carbonyl (C=O) groups excluding carboxylic acids is 1. The molecule has 2 heterocycles. The molecule has 192 valence electrons. The molecule has 2 N–H and O–H groups in total. The minimum absolute atomic E-state index is 0.0729. The van der Waals surface area contributed by atoms with Crippen LogP contribution in [0.15, 0.2) is 52.4 Å². The second-order valence-corrected chi connectivity index (χ2v) is 11.3. The number of anilines is 2. The van der Waals surface area contributed by atoms with Crippen LogP contribution in [0.1, 0.15) is 18.9 Å². The molecule has 1 unspecified atom stereocenters.